The van der Waals surface area contributed by atoms with Crippen LogP contribution in [0.15, 0.2) is 30.7 Å². The van der Waals surface area contributed by atoms with Gasteiger partial charge in [-0.15, -0.1) is 0 Å². The molecule has 2 heterocycles. The average Bonchev–Trinajstić information content (AvgIpc) is 3.21. The summed E-state index contributed by atoms with van der Waals surface area (Å²) in [5.74, 6) is -1.05. The van der Waals surface area contributed by atoms with E-state index >= 15 is 0 Å². The number of ether oxygens (including phenoxy) is 1. The summed E-state index contributed by atoms with van der Waals surface area (Å²) in [6.45, 7) is 0.895. The van der Waals surface area contributed by atoms with Gasteiger partial charge in [0.05, 0.1) is 30.6 Å². The number of aromatic nitrogens is 2. The van der Waals surface area contributed by atoms with E-state index in [1.54, 1.807) is 18.6 Å². The molecular formula is C17H18N4O4. The summed E-state index contributed by atoms with van der Waals surface area (Å²) < 4.78 is 4.92. The highest BCUT2D eigenvalue weighted by atomic mass is 16.5. The molecule has 2 aromatic rings. The summed E-state index contributed by atoms with van der Waals surface area (Å²) >= 11 is 0. The number of hydrogen-bond donors (Lipinski definition) is 2. The molecule has 0 saturated carbocycles. The predicted molar refractivity (Wildman–Crippen MR) is 88.3 cm³/mol. The molecule has 1 aliphatic rings. The number of methoxy groups -OCH3 is 1. The molecule has 0 atom stereocenters. The number of H-pyrrole nitrogens is 1. The van der Waals surface area contributed by atoms with Crippen molar-refractivity contribution in [3.63, 3.8) is 0 Å². The van der Waals surface area contributed by atoms with Crippen LogP contribution in [-0.4, -0.2) is 59.4 Å². The van der Waals surface area contributed by atoms with Gasteiger partial charge in [-0.2, -0.15) is 0 Å². The highest BCUT2D eigenvalue weighted by Crippen LogP contribution is 2.23. The summed E-state index contributed by atoms with van der Waals surface area (Å²) in [5.41, 5.74) is 1.83. The quantitative estimate of drug-likeness (QED) is 0.718. The van der Waals surface area contributed by atoms with Crippen LogP contribution in [0, 0.1) is 0 Å². The third-order valence-corrected chi connectivity index (χ3v) is 3.99. The largest absolute Gasteiger partial charge is 0.383 e. The molecule has 0 saturated heterocycles. The lowest BCUT2D eigenvalue weighted by Gasteiger charge is -2.12. The van der Waals surface area contributed by atoms with Crippen LogP contribution < -0.4 is 5.32 Å². The van der Waals surface area contributed by atoms with Gasteiger partial charge in [0.2, 0.25) is 0 Å². The lowest BCUT2D eigenvalue weighted by Crippen LogP contribution is -2.32. The summed E-state index contributed by atoms with van der Waals surface area (Å²) in [7, 11) is 1.50. The van der Waals surface area contributed by atoms with Crippen molar-refractivity contribution in [3.05, 3.63) is 53.1 Å². The highest BCUT2D eigenvalue weighted by molar-refractivity contribution is 6.22. The minimum Gasteiger partial charge on any atom is -0.383 e. The molecule has 0 unspecified atom stereocenters. The molecule has 3 rings (SSSR count). The zero-order chi connectivity index (χ0) is 17.8. The first-order chi connectivity index (χ1) is 12.1. The SMILES string of the molecule is COCCN1C(=O)c2ccc(C(=O)NCCc3cnc[nH]3)cc2C1=O. The molecule has 1 aliphatic heterocycles. The molecule has 1 aromatic carbocycles. The van der Waals surface area contributed by atoms with Crippen LogP contribution in [0.5, 0.6) is 0 Å². The average molecular weight is 342 g/mol. The van der Waals surface area contributed by atoms with Crippen LogP contribution in [0.2, 0.25) is 0 Å². The molecule has 0 spiro atoms. The Hall–Kier alpha value is -3.00. The van der Waals surface area contributed by atoms with Gasteiger partial charge in [0.15, 0.2) is 0 Å². The maximum Gasteiger partial charge on any atom is 0.261 e. The Morgan fingerprint density at radius 2 is 2.08 bits per heavy atom. The number of hydrogen-bond acceptors (Lipinski definition) is 5. The monoisotopic (exact) mass is 342 g/mol. The van der Waals surface area contributed by atoms with Crippen LogP contribution in [0.4, 0.5) is 0 Å². The van der Waals surface area contributed by atoms with Gasteiger partial charge in [-0.05, 0) is 18.2 Å². The number of carbonyl (C=O) groups excluding carboxylic acids is 3. The van der Waals surface area contributed by atoms with Gasteiger partial charge in [0.25, 0.3) is 17.7 Å². The second kappa shape index (κ2) is 7.27. The topological polar surface area (TPSA) is 104 Å². The summed E-state index contributed by atoms with van der Waals surface area (Å²) in [5, 5.41) is 2.78. The van der Waals surface area contributed by atoms with Crippen LogP contribution in [0.25, 0.3) is 0 Å². The maximum absolute atomic E-state index is 12.4. The van der Waals surface area contributed by atoms with Crippen LogP contribution >= 0.6 is 0 Å². The van der Waals surface area contributed by atoms with Gasteiger partial charge in [0, 0.05) is 37.5 Å². The number of nitrogens with zero attached hydrogens (tertiary/aromatic N) is 2. The third-order valence-electron chi connectivity index (χ3n) is 3.99. The normalized spacial score (nSPS) is 13.2. The van der Waals surface area contributed by atoms with Gasteiger partial charge in [-0.25, -0.2) is 4.98 Å². The Morgan fingerprint density at radius 3 is 2.80 bits per heavy atom. The molecule has 3 amide bonds. The summed E-state index contributed by atoms with van der Waals surface area (Å²) in [4.78, 5) is 44.8. The molecular weight excluding hydrogens is 324 g/mol. The zero-order valence-corrected chi connectivity index (χ0v) is 13.7. The molecule has 130 valence electrons. The van der Waals surface area contributed by atoms with Crippen molar-refractivity contribution < 1.29 is 19.1 Å². The van der Waals surface area contributed by atoms with Gasteiger partial charge >= 0.3 is 0 Å². The number of amides is 3. The molecule has 0 bridgehead atoms. The zero-order valence-electron chi connectivity index (χ0n) is 13.7. The highest BCUT2D eigenvalue weighted by Gasteiger charge is 2.35. The number of carbonyl (C=O) groups is 3. The first-order valence-corrected chi connectivity index (χ1v) is 7.86. The van der Waals surface area contributed by atoms with E-state index in [2.05, 4.69) is 15.3 Å². The Morgan fingerprint density at radius 1 is 1.28 bits per heavy atom. The minimum absolute atomic E-state index is 0.189. The molecule has 2 N–H and O–H groups in total. The molecule has 0 aliphatic carbocycles. The van der Waals surface area contributed by atoms with Crippen LogP contribution in [-0.2, 0) is 11.2 Å². The second-order valence-electron chi connectivity index (χ2n) is 5.60. The van der Waals surface area contributed by atoms with Crippen molar-refractivity contribution in [1.29, 1.82) is 0 Å². The van der Waals surface area contributed by atoms with E-state index in [9.17, 15) is 14.4 Å². The number of rotatable bonds is 7. The number of benzene rings is 1. The molecule has 0 radical (unpaired) electrons. The minimum atomic E-state index is -0.399. The van der Waals surface area contributed by atoms with E-state index < -0.39 is 5.91 Å². The second-order valence-corrected chi connectivity index (χ2v) is 5.60. The van der Waals surface area contributed by atoms with E-state index in [-0.39, 0.29) is 30.5 Å². The van der Waals surface area contributed by atoms with E-state index in [0.29, 0.717) is 24.1 Å². The predicted octanol–water partition coefficient (Wildman–Crippen LogP) is 0.625. The van der Waals surface area contributed by atoms with Gasteiger partial charge in [-0.3, -0.25) is 19.3 Å². The van der Waals surface area contributed by atoms with Crippen molar-refractivity contribution in [2.75, 3.05) is 26.8 Å². The first-order valence-electron chi connectivity index (χ1n) is 7.86. The maximum atomic E-state index is 12.4. The molecule has 25 heavy (non-hydrogen) atoms. The fourth-order valence-electron chi connectivity index (χ4n) is 2.65. The number of aromatic amines is 1. The number of imidazole rings is 1. The van der Waals surface area contributed by atoms with E-state index in [0.717, 1.165) is 10.6 Å². The van der Waals surface area contributed by atoms with E-state index in [1.165, 1.54) is 19.2 Å². The Balaban J connectivity index is 1.67. The number of imide groups is 1. The van der Waals surface area contributed by atoms with Crippen molar-refractivity contribution in [2.24, 2.45) is 0 Å². The molecule has 8 heteroatoms. The van der Waals surface area contributed by atoms with Crippen molar-refractivity contribution in [3.8, 4) is 0 Å². The van der Waals surface area contributed by atoms with E-state index in [1.807, 2.05) is 0 Å². The lowest BCUT2D eigenvalue weighted by atomic mass is 10.1. The van der Waals surface area contributed by atoms with Crippen LogP contribution in [0.1, 0.15) is 36.8 Å². The summed E-state index contributed by atoms with van der Waals surface area (Å²) in [6.07, 6.45) is 3.90. The van der Waals surface area contributed by atoms with Gasteiger partial charge < -0.3 is 15.0 Å². The van der Waals surface area contributed by atoms with E-state index in [4.69, 9.17) is 4.74 Å². The van der Waals surface area contributed by atoms with Gasteiger partial charge in [0.1, 0.15) is 0 Å². The Labute approximate surface area is 144 Å². The molecule has 1 aromatic heterocycles. The first kappa shape index (κ1) is 16.8. The Kier molecular flexibility index (Phi) is 4.90. The fraction of sp³-hybridized carbons (Fsp3) is 0.294. The fourth-order valence-corrected chi connectivity index (χ4v) is 2.65. The molecule has 8 nitrogen and oxygen atoms in total. The van der Waals surface area contributed by atoms with Crippen molar-refractivity contribution in [2.45, 2.75) is 6.42 Å². The number of nitrogens with one attached hydrogen (secondary N) is 2. The lowest BCUT2D eigenvalue weighted by molar-refractivity contribution is 0.0603. The Bertz CT molecular complexity index is 801. The summed E-state index contributed by atoms with van der Waals surface area (Å²) in [6, 6.07) is 4.54. The number of fused-ring (bicyclic) bond motifs is 1. The van der Waals surface area contributed by atoms with Crippen LogP contribution in [0.3, 0.4) is 0 Å². The van der Waals surface area contributed by atoms with Gasteiger partial charge in [-0.1, -0.05) is 0 Å². The van der Waals surface area contributed by atoms with Crippen molar-refractivity contribution in [1.82, 2.24) is 20.2 Å². The van der Waals surface area contributed by atoms with Crippen molar-refractivity contribution >= 4 is 17.7 Å². The molecule has 0 fully saturated rings. The smallest absolute Gasteiger partial charge is 0.261 e. The third kappa shape index (κ3) is 3.43. The standard InChI is InChI=1S/C17H18N4O4/c1-25-7-6-21-16(23)13-3-2-11(8-14(13)17(21)24)15(22)19-5-4-12-9-18-10-20-12/h2-3,8-10H,4-7H2,1H3,(H,18,20)(H,19,22).